The lowest BCUT2D eigenvalue weighted by Crippen LogP contribution is -2.11. The summed E-state index contributed by atoms with van der Waals surface area (Å²) in [7, 11) is 2.69. The Balaban J connectivity index is 2.49. The predicted octanol–water partition coefficient (Wildman–Crippen LogP) is 1.92. The highest BCUT2D eigenvalue weighted by Crippen LogP contribution is 2.24. The summed E-state index contributed by atoms with van der Waals surface area (Å²) in [4.78, 5) is 19.3. The molecule has 1 aromatic heterocycles. The fourth-order valence-electron chi connectivity index (χ4n) is 1.84. The Morgan fingerprint density at radius 2 is 1.86 bits per heavy atom. The number of benzene rings is 1. The van der Waals surface area contributed by atoms with E-state index in [9.17, 15) is 14.3 Å². The van der Waals surface area contributed by atoms with Crippen LogP contribution in [0.3, 0.4) is 0 Å². The first kappa shape index (κ1) is 14.7. The maximum Gasteiger partial charge on any atom is 0.343 e. The number of aromatic nitrogens is 2. The maximum atomic E-state index is 12.9. The molecule has 0 amide bonds. The summed E-state index contributed by atoms with van der Waals surface area (Å²) in [6.45, 7) is 0. The minimum absolute atomic E-state index is 0.00830. The summed E-state index contributed by atoms with van der Waals surface area (Å²) >= 11 is 0. The number of hydrogen-bond acceptors (Lipinski definition) is 5. The molecule has 7 heteroatoms. The van der Waals surface area contributed by atoms with Crippen molar-refractivity contribution in [3.05, 3.63) is 46.9 Å². The van der Waals surface area contributed by atoms with Crippen LogP contribution in [0, 0.1) is 5.82 Å². The topological polar surface area (TPSA) is 81.5 Å². The Hall–Kier alpha value is -2.70. The molecule has 0 atom stereocenters. The second-order valence-corrected chi connectivity index (χ2v) is 4.15. The molecule has 0 aliphatic rings. The lowest BCUT2D eigenvalue weighted by Gasteiger charge is -2.11. The second-order valence-electron chi connectivity index (χ2n) is 4.15. The first-order valence-electron chi connectivity index (χ1n) is 6.01. The molecule has 2 rings (SSSR count). The van der Waals surface area contributed by atoms with Gasteiger partial charge in [0.15, 0.2) is 0 Å². The fourth-order valence-corrected chi connectivity index (χ4v) is 1.84. The van der Waals surface area contributed by atoms with E-state index in [0.29, 0.717) is 5.56 Å². The van der Waals surface area contributed by atoms with E-state index in [1.807, 2.05) is 0 Å². The summed E-state index contributed by atoms with van der Waals surface area (Å²) in [6, 6.07) is 5.72. The van der Waals surface area contributed by atoms with Crippen molar-refractivity contribution in [2.24, 2.45) is 0 Å². The van der Waals surface area contributed by atoms with Crippen molar-refractivity contribution in [3.8, 4) is 11.9 Å². The number of carbonyl (C=O) groups is 1. The van der Waals surface area contributed by atoms with Crippen LogP contribution in [-0.2, 0) is 6.42 Å². The average molecular weight is 292 g/mol. The van der Waals surface area contributed by atoms with Crippen molar-refractivity contribution in [2.75, 3.05) is 14.2 Å². The number of carboxylic acids is 1. The zero-order valence-electron chi connectivity index (χ0n) is 11.5. The lowest BCUT2D eigenvalue weighted by atomic mass is 10.1. The van der Waals surface area contributed by atoms with E-state index in [0.717, 1.165) is 0 Å². The Bertz CT molecular complexity index is 659. The van der Waals surface area contributed by atoms with Crippen molar-refractivity contribution in [1.82, 2.24) is 9.97 Å². The van der Waals surface area contributed by atoms with Crippen molar-refractivity contribution in [1.29, 1.82) is 0 Å². The Labute approximate surface area is 120 Å². The van der Waals surface area contributed by atoms with Crippen molar-refractivity contribution in [3.63, 3.8) is 0 Å². The zero-order chi connectivity index (χ0) is 15.4. The summed E-state index contributed by atoms with van der Waals surface area (Å²) in [5.74, 6) is -1.65. The number of rotatable bonds is 5. The highest BCUT2D eigenvalue weighted by molar-refractivity contribution is 5.91. The average Bonchev–Trinajstić information content (AvgIpc) is 2.48. The number of halogens is 1. The summed E-state index contributed by atoms with van der Waals surface area (Å²) in [5, 5.41) is 9.30. The minimum atomic E-state index is -1.20. The van der Waals surface area contributed by atoms with Gasteiger partial charge in [0.2, 0.25) is 5.88 Å². The third kappa shape index (κ3) is 3.25. The number of hydrogen-bond donors (Lipinski definition) is 1. The lowest BCUT2D eigenvalue weighted by molar-refractivity contribution is 0.0690. The van der Waals surface area contributed by atoms with Gasteiger partial charge in [0.05, 0.1) is 19.9 Å². The Morgan fingerprint density at radius 1 is 1.19 bits per heavy atom. The van der Waals surface area contributed by atoms with Gasteiger partial charge in [0, 0.05) is 6.42 Å². The number of methoxy groups -OCH3 is 2. The highest BCUT2D eigenvalue weighted by Gasteiger charge is 2.21. The van der Waals surface area contributed by atoms with Crippen LogP contribution in [0.4, 0.5) is 4.39 Å². The van der Waals surface area contributed by atoms with Gasteiger partial charge in [0.25, 0.3) is 0 Å². The molecule has 110 valence electrons. The second kappa shape index (κ2) is 6.17. The third-order valence-electron chi connectivity index (χ3n) is 2.80. The summed E-state index contributed by atoms with van der Waals surface area (Å²) in [6.07, 6.45) is 0.192. The van der Waals surface area contributed by atoms with Crippen molar-refractivity contribution in [2.45, 2.75) is 6.42 Å². The molecule has 0 saturated carbocycles. The Morgan fingerprint density at radius 3 is 2.38 bits per heavy atom. The van der Waals surface area contributed by atoms with E-state index in [4.69, 9.17) is 9.47 Å². The van der Waals surface area contributed by atoms with Crippen LogP contribution in [0.5, 0.6) is 11.9 Å². The van der Waals surface area contributed by atoms with Gasteiger partial charge >= 0.3 is 12.0 Å². The van der Waals surface area contributed by atoms with Crippen LogP contribution >= 0.6 is 0 Å². The van der Waals surface area contributed by atoms with Gasteiger partial charge in [-0.1, -0.05) is 12.1 Å². The highest BCUT2D eigenvalue weighted by atomic mass is 19.1. The molecule has 2 aromatic rings. The molecule has 0 unspecified atom stereocenters. The summed E-state index contributed by atoms with van der Waals surface area (Å²) < 4.78 is 22.8. The monoisotopic (exact) mass is 292 g/mol. The number of nitrogens with zero attached hydrogens (tertiary/aromatic N) is 2. The number of aromatic carboxylic acids is 1. The molecule has 0 saturated heterocycles. The largest absolute Gasteiger partial charge is 0.480 e. The quantitative estimate of drug-likeness (QED) is 0.906. The molecule has 1 N–H and O–H groups in total. The van der Waals surface area contributed by atoms with Gasteiger partial charge < -0.3 is 14.6 Å². The van der Waals surface area contributed by atoms with Gasteiger partial charge in [-0.2, -0.15) is 9.97 Å². The molecule has 0 bridgehead atoms. The van der Waals surface area contributed by atoms with E-state index >= 15 is 0 Å². The van der Waals surface area contributed by atoms with Crippen LogP contribution in [0.15, 0.2) is 24.3 Å². The number of carboxylic acid groups (broad SMARTS) is 1. The van der Waals surface area contributed by atoms with Crippen LogP contribution in [0.25, 0.3) is 0 Å². The molecular weight excluding hydrogens is 279 g/mol. The van der Waals surface area contributed by atoms with Gasteiger partial charge in [0.1, 0.15) is 11.4 Å². The molecule has 1 aromatic carbocycles. The van der Waals surface area contributed by atoms with E-state index in [1.165, 1.54) is 26.4 Å². The van der Waals surface area contributed by atoms with Gasteiger partial charge in [-0.15, -0.1) is 0 Å². The smallest absolute Gasteiger partial charge is 0.343 e. The standard InChI is InChI=1S/C14H13FN2O4/c1-20-12-11(13(18)19)10(16-14(17-12)21-2)7-8-3-5-9(15)6-4-8/h3-6H,7H2,1-2H3,(H,18,19). The van der Waals surface area contributed by atoms with Gasteiger partial charge in [-0.05, 0) is 17.7 Å². The van der Waals surface area contributed by atoms with Crippen LogP contribution < -0.4 is 9.47 Å². The molecule has 0 fully saturated rings. The predicted molar refractivity (Wildman–Crippen MR) is 71.3 cm³/mol. The first-order valence-corrected chi connectivity index (χ1v) is 6.01. The molecule has 6 nitrogen and oxygen atoms in total. The van der Waals surface area contributed by atoms with Crippen LogP contribution in [0.2, 0.25) is 0 Å². The zero-order valence-corrected chi connectivity index (χ0v) is 11.5. The van der Waals surface area contributed by atoms with E-state index in [2.05, 4.69) is 9.97 Å². The normalized spacial score (nSPS) is 10.2. The molecule has 0 aliphatic heterocycles. The van der Waals surface area contributed by atoms with Crippen molar-refractivity contribution >= 4 is 5.97 Å². The van der Waals surface area contributed by atoms with Gasteiger partial charge in [-0.3, -0.25) is 0 Å². The Kier molecular flexibility index (Phi) is 4.32. The van der Waals surface area contributed by atoms with E-state index in [-0.39, 0.29) is 35.4 Å². The fraction of sp³-hybridized carbons (Fsp3) is 0.214. The minimum Gasteiger partial charge on any atom is -0.480 e. The van der Waals surface area contributed by atoms with Gasteiger partial charge in [-0.25, -0.2) is 9.18 Å². The van der Waals surface area contributed by atoms with E-state index in [1.54, 1.807) is 12.1 Å². The maximum absolute atomic E-state index is 12.9. The molecular formula is C14H13FN2O4. The molecule has 1 heterocycles. The molecule has 0 radical (unpaired) electrons. The first-order chi connectivity index (χ1) is 10.0. The van der Waals surface area contributed by atoms with E-state index < -0.39 is 5.97 Å². The molecule has 0 spiro atoms. The number of ether oxygens (including phenoxy) is 2. The molecule has 21 heavy (non-hydrogen) atoms. The summed E-state index contributed by atoms with van der Waals surface area (Å²) in [5.41, 5.74) is 0.808. The van der Waals surface area contributed by atoms with Crippen LogP contribution in [0.1, 0.15) is 21.6 Å². The SMILES string of the molecule is COc1nc(Cc2ccc(F)cc2)c(C(=O)O)c(OC)n1. The van der Waals surface area contributed by atoms with Crippen LogP contribution in [-0.4, -0.2) is 35.3 Å². The third-order valence-corrected chi connectivity index (χ3v) is 2.80. The molecule has 0 aliphatic carbocycles. The van der Waals surface area contributed by atoms with Crippen molar-refractivity contribution < 1.29 is 23.8 Å².